The standard InChI is InChI=1S/C21H24IN3O4S2/c1-14-4-5-15(12-18(14)22)20(26)23-16-6-8-17(9-7-16)31(28,29)25-10-11-30-13-19(25)21(27)24(2)3/h4-9,12,19H,10-11,13H2,1-3H3,(H,23,26). The van der Waals surface area contributed by atoms with E-state index < -0.39 is 16.1 Å². The molecule has 1 N–H and O–H groups in total. The van der Waals surface area contributed by atoms with Crippen LogP contribution in [0.1, 0.15) is 15.9 Å². The first kappa shape index (κ1) is 24.0. The molecule has 2 aromatic rings. The highest BCUT2D eigenvalue weighted by molar-refractivity contribution is 14.1. The van der Waals surface area contributed by atoms with Gasteiger partial charge in [-0.3, -0.25) is 9.59 Å². The predicted molar refractivity (Wildman–Crippen MR) is 132 cm³/mol. The summed E-state index contributed by atoms with van der Waals surface area (Å²) in [6, 6.07) is 10.8. The first-order valence-corrected chi connectivity index (χ1v) is 13.3. The number of hydrogen-bond acceptors (Lipinski definition) is 5. The lowest BCUT2D eigenvalue weighted by molar-refractivity contribution is -0.132. The van der Waals surface area contributed by atoms with Crippen molar-refractivity contribution in [1.82, 2.24) is 9.21 Å². The summed E-state index contributed by atoms with van der Waals surface area (Å²) in [5, 5.41) is 2.79. The van der Waals surface area contributed by atoms with E-state index in [1.807, 2.05) is 13.0 Å². The molecule has 166 valence electrons. The average molecular weight is 573 g/mol. The molecule has 1 atom stereocenters. The molecule has 1 fully saturated rings. The second kappa shape index (κ2) is 9.88. The zero-order valence-corrected chi connectivity index (χ0v) is 21.3. The van der Waals surface area contributed by atoms with Crippen LogP contribution in [0.3, 0.4) is 0 Å². The smallest absolute Gasteiger partial charge is 0.255 e. The van der Waals surface area contributed by atoms with Gasteiger partial charge in [-0.05, 0) is 71.5 Å². The van der Waals surface area contributed by atoms with Crippen molar-refractivity contribution in [2.24, 2.45) is 0 Å². The Morgan fingerprint density at radius 3 is 2.45 bits per heavy atom. The number of aryl methyl sites for hydroxylation is 1. The van der Waals surface area contributed by atoms with Gasteiger partial charge in [-0.25, -0.2) is 8.42 Å². The molecule has 0 aliphatic carbocycles. The zero-order chi connectivity index (χ0) is 22.8. The Hall–Kier alpha value is -1.63. The van der Waals surface area contributed by atoms with Crippen molar-refractivity contribution in [1.29, 1.82) is 0 Å². The number of hydrogen-bond donors (Lipinski definition) is 1. The van der Waals surface area contributed by atoms with Gasteiger partial charge in [-0.2, -0.15) is 16.1 Å². The molecule has 2 amide bonds. The first-order valence-electron chi connectivity index (χ1n) is 9.59. The summed E-state index contributed by atoms with van der Waals surface area (Å²) >= 11 is 3.75. The lowest BCUT2D eigenvalue weighted by Crippen LogP contribution is -2.53. The van der Waals surface area contributed by atoms with Crippen LogP contribution in [0.15, 0.2) is 47.4 Å². The van der Waals surface area contributed by atoms with E-state index in [-0.39, 0.29) is 23.3 Å². The molecule has 1 unspecified atom stereocenters. The maximum absolute atomic E-state index is 13.2. The van der Waals surface area contributed by atoms with Crippen molar-refractivity contribution in [2.45, 2.75) is 17.9 Å². The number of amides is 2. The molecular weight excluding hydrogens is 549 g/mol. The topological polar surface area (TPSA) is 86.8 Å². The predicted octanol–water partition coefficient (Wildman–Crippen LogP) is 3.05. The maximum Gasteiger partial charge on any atom is 0.255 e. The Morgan fingerprint density at radius 2 is 1.84 bits per heavy atom. The van der Waals surface area contributed by atoms with E-state index in [1.165, 1.54) is 21.3 Å². The summed E-state index contributed by atoms with van der Waals surface area (Å²) in [5.41, 5.74) is 2.12. The largest absolute Gasteiger partial charge is 0.347 e. The third kappa shape index (κ3) is 5.41. The van der Waals surface area contributed by atoms with Crippen LogP contribution in [0.25, 0.3) is 0 Å². The minimum absolute atomic E-state index is 0.0961. The first-order chi connectivity index (χ1) is 14.6. The number of nitrogens with zero attached hydrogens (tertiary/aromatic N) is 2. The summed E-state index contributed by atoms with van der Waals surface area (Å²) in [7, 11) is -0.591. The zero-order valence-electron chi connectivity index (χ0n) is 17.5. The van der Waals surface area contributed by atoms with Gasteiger partial charge >= 0.3 is 0 Å². The molecule has 0 aromatic heterocycles. The highest BCUT2D eigenvalue weighted by atomic mass is 127. The van der Waals surface area contributed by atoms with Crippen molar-refractivity contribution in [3.63, 3.8) is 0 Å². The molecule has 10 heteroatoms. The number of carbonyl (C=O) groups is 2. The minimum Gasteiger partial charge on any atom is -0.347 e. The summed E-state index contributed by atoms with van der Waals surface area (Å²) in [6.45, 7) is 2.25. The van der Waals surface area contributed by atoms with Crippen molar-refractivity contribution < 1.29 is 18.0 Å². The molecular formula is C21H24IN3O4S2. The van der Waals surface area contributed by atoms with Gasteiger partial charge in [-0.1, -0.05) is 6.07 Å². The average Bonchev–Trinajstić information content (AvgIpc) is 2.75. The number of benzene rings is 2. The molecule has 7 nitrogen and oxygen atoms in total. The molecule has 1 saturated heterocycles. The van der Waals surface area contributed by atoms with Crippen LogP contribution in [0.2, 0.25) is 0 Å². The molecule has 2 aromatic carbocycles. The molecule has 0 radical (unpaired) electrons. The van der Waals surface area contributed by atoms with Crippen LogP contribution in [-0.2, 0) is 14.8 Å². The van der Waals surface area contributed by atoms with Gasteiger partial charge in [0.15, 0.2) is 0 Å². The van der Waals surface area contributed by atoms with Crippen LogP contribution in [0.5, 0.6) is 0 Å². The summed E-state index contributed by atoms with van der Waals surface area (Å²) in [6.07, 6.45) is 0. The highest BCUT2D eigenvalue weighted by Crippen LogP contribution is 2.26. The molecule has 1 heterocycles. The van der Waals surface area contributed by atoms with Crippen molar-refractivity contribution >= 4 is 61.9 Å². The number of sulfonamides is 1. The second-order valence-electron chi connectivity index (χ2n) is 7.38. The number of carbonyl (C=O) groups excluding carboxylic acids is 2. The molecule has 0 bridgehead atoms. The van der Waals surface area contributed by atoms with Crippen molar-refractivity contribution in [3.8, 4) is 0 Å². The summed E-state index contributed by atoms with van der Waals surface area (Å²) < 4.78 is 28.7. The van der Waals surface area contributed by atoms with Crippen molar-refractivity contribution in [2.75, 3.05) is 37.5 Å². The van der Waals surface area contributed by atoms with E-state index in [0.29, 0.717) is 22.8 Å². The van der Waals surface area contributed by atoms with E-state index >= 15 is 0 Å². The number of rotatable bonds is 5. The van der Waals surface area contributed by atoms with Gasteiger partial charge in [0.2, 0.25) is 15.9 Å². The van der Waals surface area contributed by atoms with Gasteiger partial charge in [0.1, 0.15) is 6.04 Å². The molecule has 1 aliphatic rings. The Labute approximate surface area is 200 Å². The Kier molecular flexibility index (Phi) is 7.66. The van der Waals surface area contributed by atoms with Gasteiger partial charge < -0.3 is 10.2 Å². The maximum atomic E-state index is 13.2. The molecule has 3 rings (SSSR count). The van der Waals surface area contributed by atoms with Crippen LogP contribution in [0, 0.1) is 10.5 Å². The monoisotopic (exact) mass is 573 g/mol. The lowest BCUT2D eigenvalue weighted by atomic mass is 10.1. The van der Waals surface area contributed by atoms with E-state index in [0.717, 1.165) is 9.13 Å². The summed E-state index contributed by atoms with van der Waals surface area (Å²) in [4.78, 5) is 26.5. The fourth-order valence-electron chi connectivity index (χ4n) is 3.15. The van der Waals surface area contributed by atoms with E-state index in [9.17, 15) is 18.0 Å². The SMILES string of the molecule is Cc1ccc(C(=O)Nc2ccc(S(=O)(=O)N3CCSCC3C(=O)N(C)C)cc2)cc1I. The molecule has 31 heavy (non-hydrogen) atoms. The van der Waals surface area contributed by atoms with E-state index in [1.54, 1.807) is 50.1 Å². The van der Waals surface area contributed by atoms with Gasteiger partial charge in [0.05, 0.1) is 4.90 Å². The molecule has 1 aliphatic heterocycles. The second-order valence-corrected chi connectivity index (χ2v) is 11.6. The van der Waals surface area contributed by atoms with Gasteiger partial charge in [-0.15, -0.1) is 0 Å². The molecule has 0 spiro atoms. The Balaban J connectivity index is 1.78. The van der Waals surface area contributed by atoms with Crippen LogP contribution < -0.4 is 5.32 Å². The Bertz CT molecular complexity index is 1090. The van der Waals surface area contributed by atoms with Crippen LogP contribution in [0.4, 0.5) is 5.69 Å². The normalized spacial score (nSPS) is 17.2. The number of anilines is 1. The third-order valence-corrected chi connectivity index (χ3v) is 9.07. The van der Waals surface area contributed by atoms with Crippen molar-refractivity contribution in [3.05, 3.63) is 57.2 Å². The number of thioether (sulfide) groups is 1. The summed E-state index contributed by atoms with van der Waals surface area (Å²) in [5.74, 6) is 0.574. The number of nitrogens with one attached hydrogen (secondary N) is 1. The quantitative estimate of drug-likeness (QED) is 0.556. The highest BCUT2D eigenvalue weighted by Gasteiger charge is 2.38. The third-order valence-electron chi connectivity index (χ3n) is 4.96. The van der Waals surface area contributed by atoms with Crippen LogP contribution >= 0.6 is 34.4 Å². The van der Waals surface area contributed by atoms with E-state index in [2.05, 4.69) is 27.9 Å². The van der Waals surface area contributed by atoms with Gasteiger partial charge in [0.25, 0.3) is 5.91 Å². The van der Waals surface area contributed by atoms with Gasteiger partial charge in [0, 0.05) is 47.0 Å². The van der Waals surface area contributed by atoms with Crippen LogP contribution in [-0.4, -0.2) is 67.6 Å². The minimum atomic E-state index is -3.84. The fraction of sp³-hybridized carbons (Fsp3) is 0.333. The van der Waals surface area contributed by atoms with E-state index in [4.69, 9.17) is 0 Å². The lowest BCUT2D eigenvalue weighted by Gasteiger charge is -2.34. The molecule has 0 saturated carbocycles. The fourth-order valence-corrected chi connectivity index (χ4v) is 6.50. The number of likely N-dealkylation sites (N-methyl/N-ethyl adjacent to an activating group) is 1. The number of halogens is 1. The Morgan fingerprint density at radius 1 is 1.16 bits per heavy atom.